The third-order valence-electron chi connectivity index (χ3n) is 4.34. The van der Waals surface area contributed by atoms with Gasteiger partial charge < -0.3 is 5.11 Å². The number of rotatable bonds is 5. The van der Waals surface area contributed by atoms with E-state index in [0.29, 0.717) is 17.6 Å². The summed E-state index contributed by atoms with van der Waals surface area (Å²) >= 11 is 0. The van der Waals surface area contributed by atoms with Crippen molar-refractivity contribution in [2.75, 3.05) is 6.61 Å². The van der Waals surface area contributed by atoms with Crippen LogP contribution >= 0.6 is 0 Å². The van der Waals surface area contributed by atoms with E-state index in [9.17, 15) is 9.59 Å². The van der Waals surface area contributed by atoms with Crippen LogP contribution in [0.1, 0.15) is 68.1 Å². The minimum atomic E-state index is -0.382. The Balaban J connectivity index is 0.00000151. The van der Waals surface area contributed by atoms with Gasteiger partial charge in [-0.05, 0) is 55.4 Å². The molecule has 0 spiro atoms. The number of carbonyl (C=O) groups is 2. The second kappa shape index (κ2) is 9.47. The highest BCUT2D eigenvalue weighted by atomic mass is 16.3. The van der Waals surface area contributed by atoms with E-state index in [2.05, 4.69) is 0 Å². The molecular weight excluding hydrogens is 312 g/mol. The van der Waals surface area contributed by atoms with Crippen molar-refractivity contribution in [3.05, 3.63) is 51.6 Å². The first-order valence-corrected chi connectivity index (χ1v) is 9.06. The summed E-state index contributed by atoms with van der Waals surface area (Å²) < 4.78 is 0. The molecule has 0 heterocycles. The highest BCUT2D eigenvalue weighted by Crippen LogP contribution is 2.30. The largest absolute Gasteiger partial charge is 0.392 e. The SMILES string of the molecule is C/C(=C\CCc1c(C)ccc2c1C(=O)C(=O)C(C(C)C)=C2)CO.CC. The van der Waals surface area contributed by atoms with E-state index in [1.54, 1.807) is 0 Å². The highest BCUT2D eigenvalue weighted by Gasteiger charge is 2.31. The number of Topliss-reactive ketones (excluding diaryl/α,β-unsaturated/α-hetero) is 2. The number of allylic oxidation sites excluding steroid dienone is 2. The van der Waals surface area contributed by atoms with E-state index < -0.39 is 0 Å². The molecule has 1 N–H and O–H groups in total. The average Bonchev–Trinajstić information content (AvgIpc) is 2.61. The van der Waals surface area contributed by atoms with E-state index in [4.69, 9.17) is 5.11 Å². The summed E-state index contributed by atoms with van der Waals surface area (Å²) in [5.41, 5.74) is 4.89. The fraction of sp³-hybridized carbons (Fsp3) is 0.455. The first-order chi connectivity index (χ1) is 11.9. The molecule has 0 bridgehead atoms. The molecule has 2 rings (SSSR count). The monoisotopic (exact) mass is 342 g/mol. The second-order valence-electron chi connectivity index (χ2n) is 6.49. The summed E-state index contributed by atoms with van der Waals surface area (Å²) in [7, 11) is 0. The normalized spacial score (nSPS) is 14.1. The van der Waals surface area contributed by atoms with Gasteiger partial charge in [-0.3, -0.25) is 9.59 Å². The van der Waals surface area contributed by atoms with Crippen LogP contribution < -0.4 is 0 Å². The lowest BCUT2D eigenvalue weighted by Gasteiger charge is -2.21. The fourth-order valence-electron chi connectivity index (χ4n) is 2.91. The molecule has 3 nitrogen and oxygen atoms in total. The summed E-state index contributed by atoms with van der Waals surface area (Å²) in [4.78, 5) is 25.0. The van der Waals surface area contributed by atoms with Gasteiger partial charge in [-0.2, -0.15) is 0 Å². The molecule has 136 valence electrons. The van der Waals surface area contributed by atoms with Gasteiger partial charge in [0.1, 0.15) is 0 Å². The third kappa shape index (κ3) is 4.76. The molecule has 1 aliphatic carbocycles. The van der Waals surface area contributed by atoms with Crippen molar-refractivity contribution in [2.45, 2.75) is 54.4 Å². The molecule has 1 aliphatic rings. The molecule has 0 atom stereocenters. The van der Waals surface area contributed by atoms with Gasteiger partial charge in [0, 0.05) is 11.1 Å². The average molecular weight is 342 g/mol. The summed E-state index contributed by atoms with van der Waals surface area (Å²) in [5.74, 6) is -0.714. The molecule has 3 heteroatoms. The van der Waals surface area contributed by atoms with E-state index in [-0.39, 0.29) is 24.1 Å². The van der Waals surface area contributed by atoms with Crippen LogP contribution in [0, 0.1) is 12.8 Å². The number of ketones is 2. The Labute approximate surface area is 151 Å². The van der Waals surface area contributed by atoms with Crippen LogP contribution in [0.15, 0.2) is 29.4 Å². The fourth-order valence-corrected chi connectivity index (χ4v) is 2.91. The zero-order valence-electron chi connectivity index (χ0n) is 16.3. The minimum absolute atomic E-state index is 0.0412. The van der Waals surface area contributed by atoms with Crippen molar-refractivity contribution in [3.8, 4) is 0 Å². The van der Waals surface area contributed by atoms with Gasteiger partial charge >= 0.3 is 0 Å². The maximum atomic E-state index is 12.6. The van der Waals surface area contributed by atoms with Gasteiger partial charge in [-0.25, -0.2) is 0 Å². The number of aliphatic hydroxyl groups is 1. The van der Waals surface area contributed by atoms with Crippen molar-refractivity contribution >= 4 is 17.6 Å². The van der Waals surface area contributed by atoms with Crippen LogP contribution in [-0.4, -0.2) is 23.3 Å². The molecule has 0 amide bonds. The Morgan fingerprint density at radius 3 is 2.36 bits per heavy atom. The van der Waals surface area contributed by atoms with Crippen molar-refractivity contribution < 1.29 is 14.7 Å². The summed E-state index contributed by atoms with van der Waals surface area (Å²) in [6.45, 7) is 11.8. The van der Waals surface area contributed by atoms with E-state index in [1.807, 2.05) is 65.8 Å². The van der Waals surface area contributed by atoms with Crippen molar-refractivity contribution in [3.63, 3.8) is 0 Å². The van der Waals surface area contributed by atoms with Crippen LogP contribution in [0.25, 0.3) is 6.08 Å². The van der Waals surface area contributed by atoms with Gasteiger partial charge in [0.2, 0.25) is 11.6 Å². The van der Waals surface area contributed by atoms with E-state index >= 15 is 0 Å². The van der Waals surface area contributed by atoms with Gasteiger partial charge in [0.05, 0.1) is 6.61 Å². The zero-order valence-corrected chi connectivity index (χ0v) is 16.3. The standard InChI is InChI=1S/C20H24O3.C2H6/c1-12(2)17-10-15-9-8-14(4)16(7-5-6-13(3)11-21)18(15)20(23)19(17)22;1-2/h6,8-10,12,21H,5,7,11H2,1-4H3;1-2H3/b13-6+;. The summed E-state index contributed by atoms with van der Waals surface area (Å²) in [6.07, 6.45) is 5.27. The number of aliphatic hydroxyl groups excluding tert-OH is 1. The first-order valence-electron chi connectivity index (χ1n) is 9.06. The lowest BCUT2D eigenvalue weighted by Crippen LogP contribution is -2.25. The number of benzene rings is 1. The topological polar surface area (TPSA) is 54.4 Å². The Kier molecular flexibility index (Phi) is 7.98. The van der Waals surface area contributed by atoms with Crippen LogP contribution in [0.4, 0.5) is 0 Å². The Hall–Kier alpha value is -2.00. The molecular formula is C22H30O3. The van der Waals surface area contributed by atoms with Crippen LogP contribution in [0.3, 0.4) is 0 Å². The predicted molar refractivity (Wildman–Crippen MR) is 104 cm³/mol. The molecule has 0 saturated heterocycles. The highest BCUT2D eigenvalue weighted by molar-refractivity contribution is 6.52. The lowest BCUT2D eigenvalue weighted by molar-refractivity contribution is -0.112. The van der Waals surface area contributed by atoms with E-state index in [0.717, 1.165) is 28.7 Å². The van der Waals surface area contributed by atoms with Crippen LogP contribution in [0.5, 0.6) is 0 Å². The van der Waals surface area contributed by atoms with Crippen molar-refractivity contribution in [1.29, 1.82) is 0 Å². The molecule has 0 aromatic heterocycles. The molecule has 1 aromatic rings. The minimum Gasteiger partial charge on any atom is -0.392 e. The third-order valence-corrected chi connectivity index (χ3v) is 4.34. The molecule has 0 aliphatic heterocycles. The quantitative estimate of drug-likeness (QED) is 0.623. The molecule has 0 unspecified atom stereocenters. The van der Waals surface area contributed by atoms with Gasteiger partial charge in [-0.1, -0.05) is 51.5 Å². The zero-order chi connectivity index (χ0) is 19.1. The first kappa shape index (κ1) is 21.0. The Bertz CT molecular complexity index is 706. The molecule has 0 fully saturated rings. The molecule has 25 heavy (non-hydrogen) atoms. The van der Waals surface area contributed by atoms with Gasteiger partial charge in [0.25, 0.3) is 0 Å². The predicted octanol–water partition coefficient (Wildman–Crippen LogP) is 4.70. The maximum Gasteiger partial charge on any atom is 0.234 e. The van der Waals surface area contributed by atoms with Crippen LogP contribution in [0.2, 0.25) is 0 Å². The Morgan fingerprint density at radius 1 is 1.16 bits per heavy atom. The Morgan fingerprint density at radius 2 is 1.80 bits per heavy atom. The number of aryl methyl sites for hydroxylation is 1. The number of carbonyl (C=O) groups excluding carboxylic acids is 2. The number of hydrogen-bond acceptors (Lipinski definition) is 3. The lowest BCUT2D eigenvalue weighted by atomic mass is 9.81. The molecule has 0 radical (unpaired) electrons. The summed E-state index contributed by atoms with van der Waals surface area (Å²) in [6, 6.07) is 3.93. The maximum absolute atomic E-state index is 12.6. The smallest absolute Gasteiger partial charge is 0.234 e. The van der Waals surface area contributed by atoms with Crippen molar-refractivity contribution in [1.82, 2.24) is 0 Å². The molecule has 1 aromatic carbocycles. The number of fused-ring (bicyclic) bond motifs is 1. The summed E-state index contributed by atoms with van der Waals surface area (Å²) in [5, 5.41) is 9.06. The second-order valence-corrected chi connectivity index (χ2v) is 6.49. The molecule has 0 saturated carbocycles. The van der Waals surface area contributed by atoms with E-state index in [1.165, 1.54) is 0 Å². The number of hydrogen-bond donors (Lipinski definition) is 1. The van der Waals surface area contributed by atoms with Crippen molar-refractivity contribution in [2.24, 2.45) is 5.92 Å². The van der Waals surface area contributed by atoms with Gasteiger partial charge in [0.15, 0.2) is 0 Å². The van der Waals surface area contributed by atoms with Gasteiger partial charge in [-0.15, -0.1) is 0 Å². The van der Waals surface area contributed by atoms with Crippen LogP contribution in [-0.2, 0) is 11.2 Å².